The Hall–Kier alpha value is -4.86. The van der Waals surface area contributed by atoms with Gasteiger partial charge in [-0.15, -0.1) is 0 Å². The van der Waals surface area contributed by atoms with Crippen molar-refractivity contribution in [3.05, 3.63) is 84.4 Å². The number of carboxylic acid groups (broad SMARTS) is 1. The van der Waals surface area contributed by atoms with Crippen molar-refractivity contribution in [3.8, 4) is 5.75 Å². The summed E-state index contributed by atoms with van der Waals surface area (Å²) in [6.07, 6.45) is 6.54. The zero-order valence-corrected chi connectivity index (χ0v) is 25.0. The Morgan fingerprint density at radius 3 is 2.39 bits per heavy atom. The number of nitrogens with zero attached hydrogens (tertiary/aromatic N) is 2. The molecule has 0 unspecified atom stereocenters. The summed E-state index contributed by atoms with van der Waals surface area (Å²) in [5.41, 5.74) is 2.24. The molecule has 0 saturated heterocycles. The average Bonchev–Trinajstić information content (AvgIpc) is 3.55. The molecule has 10 nitrogen and oxygen atoms in total. The van der Waals surface area contributed by atoms with Gasteiger partial charge >= 0.3 is 12.0 Å². The average molecular weight is 601 g/mol. The Morgan fingerprint density at radius 1 is 0.909 bits per heavy atom. The summed E-state index contributed by atoms with van der Waals surface area (Å²) in [5.74, 6) is -0.477. The Morgan fingerprint density at radius 2 is 1.64 bits per heavy atom. The largest absolute Gasteiger partial charge is 0.482 e. The van der Waals surface area contributed by atoms with E-state index in [0.29, 0.717) is 35.2 Å². The first-order valence-corrected chi connectivity index (χ1v) is 15.0. The van der Waals surface area contributed by atoms with Crippen molar-refractivity contribution in [3.63, 3.8) is 0 Å². The molecule has 10 heteroatoms. The van der Waals surface area contributed by atoms with Gasteiger partial charge in [0.25, 0.3) is 5.91 Å². The molecule has 3 N–H and O–H groups in total. The third-order valence-corrected chi connectivity index (χ3v) is 7.74. The Labute approximate surface area is 258 Å². The van der Waals surface area contributed by atoms with Crippen molar-refractivity contribution in [2.45, 2.75) is 44.9 Å². The number of benzene rings is 3. The lowest BCUT2D eigenvalue weighted by Gasteiger charge is -2.26. The molecule has 3 aromatic carbocycles. The second-order valence-corrected chi connectivity index (χ2v) is 11.0. The molecule has 0 aliphatic heterocycles. The molecule has 4 amide bonds. The first-order chi connectivity index (χ1) is 21.3. The van der Waals surface area contributed by atoms with Gasteiger partial charge in [0.05, 0.1) is 18.7 Å². The van der Waals surface area contributed by atoms with Crippen LogP contribution in [0.15, 0.2) is 78.9 Å². The summed E-state index contributed by atoms with van der Waals surface area (Å²) < 4.78 is 5.97. The summed E-state index contributed by atoms with van der Waals surface area (Å²) in [6, 6.07) is 22.3. The first kappa shape index (κ1) is 32.1. The van der Waals surface area contributed by atoms with E-state index in [4.69, 9.17) is 9.84 Å². The number of carbonyl (C=O) groups is 4. The zero-order valence-electron chi connectivity index (χ0n) is 25.0. The molecule has 0 bridgehead atoms. The number of carboxylic acids is 1. The van der Waals surface area contributed by atoms with E-state index in [1.807, 2.05) is 36.4 Å². The summed E-state index contributed by atoms with van der Waals surface area (Å²) in [6.45, 7) is -0.0453. The second kappa shape index (κ2) is 16.1. The topological polar surface area (TPSA) is 128 Å². The van der Waals surface area contributed by atoms with E-state index < -0.39 is 12.0 Å². The van der Waals surface area contributed by atoms with Crippen LogP contribution in [0.25, 0.3) is 0 Å². The molecule has 3 aromatic rings. The highest BCUT2D eigenvalue weighted by Gasteiger charge is 2.22. The molecule has 4 rings (SSSR count). The van der Waals surface area contributed by atoms with E-state index in [2.05, 4.69) is 10.6 Å². The minimum absolute atomic E-state index is 0.166. The van der Waals surface area contributed by atoms with Crippen molar-refractivity contribution in [1.29, 1.82) is 0 Å². The van der Waals surface area contributed by atoms with Gasteiger partial charge in [0.2, 0.25) is 5.91 Å². The molecule has 1 aliphatic carbocycles. The summed E-state index contributed by atoms with van der Waals surface area (Å²) in [5, 5.41) is 14.3. The number of hydrogen-bond donors (Lipinski definition) is 3. The van der Waals surface area contributed by atoms with Gasteiger partial charge in [-0.2, -0.15) is 0 Å². The quantitative estimate of drug-likeness (QED) is 0.225. The standard InChI is InChI=1S/C34H40N4O6/c1-37(28-16-3-2-4-17-28)32(40)24-44-30-19-8-7-18-29(30)38(20-10-14-25-11-5-6-12-25)31(39)23-35-34(43)36-27-15-9-13-26(21-27)22-33(41)42/h2-4,7-9,13,15-19,21,25H,5-6,10-12,14,20,22-24H2,1H3,(H,41,42)(H2,35,36,43). The maximum atomic E-state index is 13.6. The van der Waals surface area contributed by atoms with E-state index in [0.717, 1.165) is 18.5 Å². The summed E-state index contributed by atoms with van der Waals surface area (Å²) >= 11 is 0. The molecular weight excluding hydrogens is 560 g/mol. The smallest absolute Gasteiger partial charge is 0.319 e. The van der Waals surface area contributed by atoms with Crippen LogP contribution in [0.2, 0.25) is 0 Å². The number of anilines is 3. The van der Waals surface area contributed by atoms with Crippen LogP contribution in [0.1, 0.15) is 44.1 Å². The number of likely N-dealkylation sites (N-methyl/N-ethyl adjacent to an activating group) is 1. The highest BCUT2D eigenvalue weighted by atomic mass is 16.5. The molecule has 0 heterocycles. The Bertz CT molecular complexity index is 1420. The van der Waals surface area contributed by atoms with Crippen LogP contribution in [0.4, 0.5) is 21.9 Å². The maximum absolute atomic E-state index is 13.6. The van der Waals surface area contributed by atoms with Crippen molar-refractivity contribution in [2.75, 3.05) is 41.9 Å². The summed E-state index contributed by atoms with van der Waals surface area (Å²) in [7, 11) is 1.69. The molecule has 1 fully saturated rings. The van der Waals surface area contributed by atoms with Gasteiger partial charge in [-0.3, -0.25) is 14.4 Å². The molecule has 0 atom stereocenters. The number of hydrogen-bond acceptors (Lipinski definition) is 5. The van der Waals surface area contributed by atoms with Crippen molar-refractivity contribution in [1.82, 2.24) is 5.32 Å². The lowest BCUT2D eigenvalue weighted by atomic mass is 10.0. The lowest BCUT2D eigenvalue weighted by Crippen LogP contribution is -2.42. The minimum atomic E-state index is -0.970. The molecular formula is C34H40N4O6. The van der Waals surface area contributed by atoms with Gasteiger partial charge in [0, 0.05) is 25.0 Å². The molecule has 0 radical (unpaired) electrons. The highest BCUT2D eigenvalue weighted by molar-refractivity contribution is 5.99. The van der Waals surface area contributed by atoms with Crippen LogP contribution < -0.4 is 25.2 Å². The van der Waals surface area contributed by atoms with Gasteiger partial charge in [-0.05, 0) is 60.7 Å². The molecule has 0 aromatic heterocycles. The van der Waals surface area contributed by atoms with Crippen LogP contribution in [0, 0.1) is 5.92 Å². The van der Waals surface area contributed by atoms with Gasteiger partial charge in [0.1, 0.15) is 5.75 Å². The van der Waals surface area contributed by atoms with Crippen LogP contribution in [-0.4, -0.2) is 55.7 Å². The van der Waals surface area contributed by atoms with Crippen LogP contribution in [-0.2, 0) is 20.8 Å². The summed E-state index contributed by atoms with van der Waals surface area (Å²) in [4.78, 5) is 53.3. The van der Waals surface area contributed by atoms with Crippen molar-refractivity contribution < 1.29 is 29.0 Å². The molecule has 44 heavy (non-hydrogen) atoms. The molecule has 1 aliphatic rings. The van der Waals surface area contributed by atoms with E-state index in [-0.39, 0.29) is 31.4 Å². The third kappa shape index (κ3) is 9.58. The Balaban J connectivity index is 1.42. The van der Waals surface area contributed by atoms with Crippen LogP contribution in [0.3, 0.4) is 0 Å². The minimum Gasteiger partial charge on any atom is -0.482 e. The van der Waals surface area contributed by atoms with E-state index in [1.54, 1.807) is 54.4 Å². The van der Waals surface area contributed by atoms with Crippen molar-refractivity contribution in [2.24, 2.45) is 5.92 Å². The van der Waals surface area contributed by atoms with E-state index in [9.17, 15) is 19.2 Å². The highest BCUT2D eigenvalue weighted by Crippen LogP contribution is 2.31. The van der Waals surface area contributed by atoms with Gasteiger partial charge < -0.3 is 30.3 Å². The number of ether oxygens (including phenoxy) is 1. The predicted octanol–water partition coefficient (Wildman–Crippen LogP) is 5.48. The monoisotopic (exact) mass is 600 g/mol. The number of urea groups is 1. The van der Waals surface area contributed by atoms with E-state index >= 15 is 0 Å². The molecule has 0 spiro atoms. The first-order valence-electron chi connectivity index (χ1n) is 15.0. The second-order valence-electron chi connectivity index (χ2n) is 11.0. The third-order valence-electron chi connectivity index (χ3n) is 7.74. The number of para-hydroxylation sites is 3. The number of nitrogens with one attached hydrogen (secondary N) is 2. The van der Waals surface area contributed by atoms with E-state index in [1.165, 1.54) is 30.6 Å². The zero-order chi connectivity index (χ0) is 31.3. The maximum Gasteiger partial charge on any atom is 0.319 e. The molecule has 1 saturated carbocycles. The Kier molecular flexibility index (Phi) is 11.7. The van der Waals surface area contributed by atoms with Gasteiger partial charge in [-0.1, -0.05) is 68.1 Å². The van der Waals surface area contributed by atoms with Crippen LogP contribution in [0.5, 0.6) is 5.75 Å². The van der Waals surface area contributed by atoms with Crippen molar-refractivity contribution >= 4 is 40.9 Å². The normalized spacial score (nSPS) is 12.8. The number of amides is 4. The fraction of sp³-hybridized carbons (Fsp3) is 0.353. The van der Waals surface area contributed by atoms with Gasteiger partial charge in [-0.25, -0.2) is 4.79 Å². The number of rotatable bonds is 14. The fourth-order valence-corrected chi connectivity index (χ4v) is 5.41. The number of carbonyl (C=O) groups excluding carboxylic acids is 3. The SMILES string of the molecule is CN(C(=O)COc1ccccc1N(CCCC1CCCC1)C(=O)CNC(=O)Nc1cccc(CC(=O)O)c1)c1ccccc1. The predicted molar refractivity (Wildman–Crippen MR) is 170 cm³/mol. The molecule has 232 valence electrons. The lowest BCUT2D eigenvalue weighted by molar-refractivity contribution is -0.136. The van der Waals surface area contributed by atoms with Gasteiger partial charge in [0.15, 0.2) is 6.61 Å². The fourth-order valence-electron chi connectivity index (χ4n) is 5.41. The van der Waals surface area contributed by atoms with Crippen LogP contribution >= 0.6 is 0 Å². The number of aliphatic carboxylic acids is 1.